The van der Waals surface area contributed by atoms with Crippen LogP contribution in [0.3, 0.4) is 0 Å². The Morgan fingerprint density at radius 3 is 2.60 bits per heavy atom. The summed E-state index contributed by atoms with van der Waals surface area (Å²) in [6.45, 7) is 1.00. The molecule has 14 heteroatoms. The zero-order valence-electron chi connectivity index (χ0n) is 22.9. The van der Waals surface area contributed by atoms with Crippen molar-refractivity contribution < 1.29 is 32.2 Å². The number of carbonyl (C=O) groups excluding carboxylic acids is 2. The van der Waals surface area contributed by atoms with Gasteiger partial charge in [-0.2, -0.15) is 13.2 Å². The Balaban J connectivity index is 1.78. The van der Waals surface area contributed by atoms with Gasteiger partial charge in [0.2, 0.25) is 5.91 Å². The van der Waals surface area contributed by atoms with Crippen molar-refractivity contribution in [2.45, 2.75) is 38.1 Å². The highest BCUT2D eigenvalue weighted by atomic mass is 35.5. The Morgan fingerprint density at radius 1 is 1.21 bits per heavy atom. The minimum Gasteiger partial charge on any atom is -0.491 e. The molecule has 4 rings (SSSR count). The van der Waals surface area contributed by atoms with E-state index in [1.807, 2.05) is 0 Å². The smallest absolute Gasteiger partial charge is 0.395 e. The summed E-state index contributed by atoms with van der Waals surface area (Å²) in [6, 6.07) is 6.63. The van der Waals surface area contributed by atoms with E-state index in [0.717, 1.165) is 9.13 Å². The van der Waals surface area contributed by atoms with Crippen molar-refractivity contribution in [3.63, 3.8) is 0 Å². The maximum Gasteiger partial charge on any atom is 0.395 e. The summed E-state index contributed by atoms with van der Waals surface area (Å²) in [5, 5.41) is 13.4. The normalized spacial score (nSPS) is 16.1. The van der Waals surface area contributed by atoms with Gasteiger partial charge in [0.05, 0.1) is 18.2 Å². The van der Waals surface area contributed by atoms with Crippen molar-refractivity contribution in [1.29, 1.82) is 5.41 Å². The summed E-state index contributed by atoms with van der Waals surface area (Å²) in [4.78, 5) is 38.9. The van der Waals surface area contributed by atoms with Crippen LogP contribution >= 0.6 is 11.6 Å². The maximum absolute atomic E-state index is 13.8. The summed E-state index contributed by atoms with van der Waals surface area (Å²) < 4.78 is 54.6. The monoisotopic (exact) mass is 607 g/mol. The van der Waals surface area contributed by atoms with E-state index in [4.69, 9.17) is 26.5 Å². The van der Waals surface area contributed by atoms with Gasteiger partial charge < -0.3 is 20.1 Å². The number of halogens is 4. The molecule has 3 unspecified atom stereocenters. The predicted molar refractivity (Wildman–Crippen MR) is 149 cm³/mol. The lowest BCUT2D eigenvalue weighted by atomic mass is 9.91. The molecule has 42 heavy (non-hydrogen) atoms. The van der Waals surface area contributed by atoms with Gasteiger partial charge in [-0.3, -0.25) is 24.1 Å². The number of methoxy groups -OCH3 is 1. The van der Waals surface area contributed by atoms with Crippen LogP contribution in [0.15, 0.2) is 53.6 Å². The second-order valence-corrected chi connectivity index (χ2v) is 10.3. The summed E-state index contributed by atoms with van der Waals surface area (Å²) >= 11 is 6.17. The average molecular weight is 608 g/mol. The van der Waals surface area contributed by atoms with Crippen LogP contribution in [0.2, 0.25) is 5.02 Å². The molecule has 0 bridgehead atoms. The Bertz CT molecular complexity index is 1620. The second-order valence-electron chi connectivity index (χ2n) is 9.86. The van der Waals surface area contributed by atoms with Gasteiger partial charge in [-0.05, 0) is 42.7 Å². The van der Waals surface area contributed by atoms with Crippen LogP contribution in [0.5, 0.6) is 5.75 Å². The maximum atomic E-state index is 13.8. The number of carbonyl (C=O) groups is 2. The van der Waals surface area contributed by atoms with Crippen molar-refractivity contribution in [3.05, 3.63) is 75.2 Å². The number of benzene rings is 1. The number of nitrogens with one attached hydrogen (secondary N) is 3. The molecule has 3 aromatic rings. The quantitative estimate of drug-likeness (QED) is 0.384. The largest absolute Gasteiger partial charge is 0.491 e. The Labute approximate surface area is 243 Å². The number of aromatic nitrogens is 2. The van der Waals surface area contributed by atoms with Crippen molar-refractivity contribution in [2.75, 3.05) is 26.1 Å². The lowest BCUT2D eigenvalue weighted by Gasteiger charge is -2.28. The zero-order valence-corrected chi connectivity index (χ0v) is 23.7. The third-order valence-corrected chi connectivity index (χ3v) is 7.26. The minimum absolute atomic E-state index is 0.0188. The number of nitrogens with zero attached hydrogens (tertiary/aromatic N) is 2. The van der Waals surface area contributed by atoms with Crippen molar-refractivity contribution in [1.82, 2.24) is 14.5 Å². The van der Waals surface area contributed by atoms with Gasteiger partial charge in [-0.1, -0.05) is 17.7 Å². The highest BCUT2D eigenvalue weighted by molar-refractivity contribution is 6.30. The van der Waals surface area contributed by atoms with Crippen LogP contribution in [0.1, 0.15) is 24.9 Å². The summed E-state index contributed by atoms with van der Waals surface area (Å²) in [5.41, 5.74) is 0.318. The van der Waals surface area contributed by atoms with Gasteiger partial charge >= 0.3 is 12.2 Å². The molecule has 1 aliphatic heterocycles. The fourth-order valence-corrected chi connectivity index (χ4v) is 4.83. The second kappa shape index (κ2) is 12.4. The van der Waals surface area contributed by atoms with Crippen LogP contribution in [0.25, 0.3) is 11.1 Å². The molecular formula is C28H29ClF3N5O5. The molecule has 1 aliphatic rings. The fraction of sp³-hybridized carbons (Fsp3) is 0.357. The van der Waals surface area contributed by atoms with E-state index in [1.54, 1.807) is 6.92 Å². The number of anilines is 1. The molecule has 1 aromatic carbocycles. The molecule has 10 nitrogen and oxygen atoms in total. The van der Waals surface area contributed by atoms with Crippen LogP contribution in [-0.2, 0) is 16.0 Å². The minimum atomic E-state index is -4.54. The van der Waals surface area contributed by atoms with Crippen LogP contribution in [0, 0.1) is 11.3 Å². The van der Waals surface area contributed by atoms with Crippen molar-refractivity contribution in [3.8, 4) is 16.9 Å². The van der Waals surface area contributed by atoms with E-state index < -0.39 is 48.3 Å². The van der Waals surface area contributed by atoms with Gasteiger partial charge in [0.15, 0.2) is 0 Å². The lowest BCUT2D eigenvalue weighted by molar-refractivity contribution is -0.181. The van der Waals surface area contributed by atoms with E-state index >= 15 is 0 Å². The van der Waals surface area contributed by atoms with Crippen molar-refractivity contribution in [2.24, 2.45) is 5.92 Å². The molecule has 0 saturated heterocycles. The van der Waals surface area contributed by atoms with Gasteiger partial charge in [-0.25, -0.2) is 4.79 Å². The first-order valence-corrected chi connectivity index (χ1v) is 13.3. The molecular weight excluding hydrogens is 579 g/mol. The summed E-state index contributed by atoms with van der Waals surface area (Å²) in [5.74, 6) is -2.48. The number of pyridine rings is 2. The fourth-order valence-electron chi connectivity index (χ4n) is 4.66. The third-order valence-electron chi connectivity index (χ3n) is 7.03. The number of rotatable bonds is 6. The van der Waals surface area contributed by atoms with E-state index in [9.17, 15) is 27.6 Å². The third kappa shape index (κ3) is 6.68. The van der Waals surface area contributed by atoms with Crippen LogP contribution < -0.4 is 26.4 Å². The predicted octanol–water partition coefficient (Wildman–Crippen LogP) is 4.36. The SMILES string of the molecule is CNC(=O)n1ccc(NC(=O)C(CC(C)OC)n2cc3c(cc2=O)-c2cc(Cl)ccc2CC(C(F)(F)F)CO3)cc1=N. The number of amides is 2. The Morgan fingerprint density at radius 2 is 1.95 bits per heavy atom. The van der Waals surface area contributed by atoms with Gasteiger partial charge in [0, 0.05) is 55.2 Å². The molecule has 224 valence electrons. The van der Waals surface area contributed by atoms with E-state index in [0.29, 0.717) is 11.1 Å². The number of hydrogen-bond donors (Lipinski definition) is 3. The van der Waals surface area contributed by atoms with E-state index in [2.05, 4.69) is 10.6 Å². The first-order chi connectivity index (χ1) is 19.8. The summed E-state index contributed by atoms with van der Waals surface area (Å²) in [7, 11) is 2.84. The highest BCUT2D eigenvalue weighted by Crippen LogP contribution is 2.40. The van der Waals surface area contributed by atoms with Crippen LogP contribution in [0.4, 0.5) is 23.7 Å². The molecule has 0 aliphatic carbocycles. The topological polar surface area (TPSA) is 127 Å². The first-order valence-electron chi connectivity index (χ1n) is 12.9. The molecule has 0 fully saturated rings. The Kier molecular flexibility index (Phi) is 9.12. The Hall–Kier alpha value is -4.10. The molecule has 2 aromatic heterocycles. The van der Waals surface area contributed by atoms with Gasteiger partial charge in [0.1, 0.15) is 23.9 Å². The molecule has 3 atom stereocenters. The molecule has 3 N–H and O–H groups in total. The number of fused-ring (bicyclic) bond motifs is 3. The molecule has 2 amide bonds. The van der Waals surface area contributed by atoms with Gasteiger partial charge in [-0.15, -0.1) is 0 Å². The number of ether oxygens (including phenoxy) is 2. The number of hydrogen-bond acceptors (Lipinski definition) is 6. The highest BCUT2D eigenvalue weighted by Gasteiger charge is 2.41. The standard InChI is InChI=1S/C28H29ClF3N5O5/c1-15(41-3)8-22(26(39)35-19-6-7-36(24(33)11-19)27(40)34-2)37-13-23-21(12-25(37)38)20-10-18(29)5-4-16(20)9-17(14-42-23)28(30,31)32/h4-7,10-13,15,17,22,33H,8-9,14H2,1-3H3,(H,34,40)(H,35,39). The summed E-state index contributed by atoms with van der Waals surface area (Å²) in [6.07, 6.45) is -2.84. The first kappa shape index (κ1) is 30.8. The zero-order chi connectivity index (χ0) is 30.8. The van der Waals surface area contributed by atoms with Gasteiger partial charge in [0.25, 0.3) is 5.56 Å². The molecule has 0 saturated carbocycles. The molecule has 0 radical (unpaired) electrons. The van der Waals surface area contributed by atoms with Crippen LogP contribution in [-0.4, -0.2) is 54.1 Å². The van der Waals surface area contributed by atoms with E-state index in [1.165, 1.54) is 62.9 Å². The molecule has 3 heterocycles. The lowest BCUT2D eigenvalue weighted by Crippen LogP contribution is -2.37. The van der Waals surface area contributed by atoms with Crippen molar-refractivity contribution >= 4 is 29.2 Å². The molecule has 0 spiro atoms. The number of alkyl halides is 3. The average Bonchev–Trinajstić information content (AvgIpc) is 2.93. The van der Waals surface area contributed by atoms with E-state index in [-0.39, 0.29) is 40.4 Å².